The molecule has 1 aromatic carbocycles. The van der Waals surface area contributed by atoms with Crippen molar-refractivity contribution < 1.29 is 13.9 Å². The molecule has 2 aliphatic heterocycles. The third-order valence-corrected chi connectivity index (χ3v) is 7.81. The first kappa shape index (κ1) is 21.0. The number of benzene rings is 1. The maximum absolute atomic E-state index is 12.3. The number of nitrogens with one attached hydrogen (secondary N) is 1. The Kier molecular flexibility index (Phi) is 6.61. The number of ether oxygens (including phenoxy) is 1. The number of hydrogen-bond acceptors (Lipinski definition) is 4. The van der Waals surface area contributed by atoms with Crippen LogP contribution in [0.2, 0.25) is 0 Å². The highest BCUT2D eigenvalue weighted by molar-refractivity contribution is 5.81. The molecule has 0 spiro atoms. The molecule has 2 aromatic rings. The molecular formula is C26H36N2O3. The Hall–Kier alpha value is -1.85. The van der Waals surface area contributed by atoms with Crippen LogP contribution in [0.15, 0.2) is 34.9 Å². The molecule has 5 rings (SSSR count). The number of fused-ring (bicyclic) bond motifs is 1. The van der Waals surface area contributed by atoms with Gasteiger partial charge < -0.3 is 19.4 Å². The number of amides is 1. The fourth-order valence-electron chi connectivity index (χ4n) is 5.82. The summed E-state index contributed by atoms with van der Waals surface area (Å²) >= 11 is 0. The van der Waals surface area contributed by atoms with Gasteiger partial charge in [-0.1, -0.05) is 18.2 Å². The van der Waals surface area contributed by atoms with Crippen LogP contribution in [0.5, 0.6) is 0 Å². The minimum atomic E-state index is -0.194. The van der Waals surface area contributed by atoms with Crippen LogP contribution in [0.3, 0.4) is 0 Å². The minimum absolute atomic E-state index is 0.120. The second kappa shape index (κ2) is 9.74. The topological polar surface area (TPSA) is 54.7 Å². The summed E-state index contributed by atoms with van der Waals surface area (Å²) in [6.07, 6.45) is 12.2. The number of nitrogens with zero attached hydrogens (tertiary/aromatic N) is 1. The standard InChI is InChI=1S/C26H36N2O3/c29-26(25-6-3-17-30-25)27-21-9-7-19(8-10-21)11-14-28-15-12-20(13-16-28)23-18-31-24-5-2-1-4-22(23)24/h1-2,4-5,18-21,25H,3,6-17H2,(H,27,29)/t19-,21-,25?. The van der Waals surface area contributed by atoms with Crippen LogP contribution in [0.1, 0.15) is 69.3 Å². The van der Waals surface area contributed by atoms with Crippen molar-refractivity contribution in [3.05, 3.63) is 36.1 Å². The summed E-state index contributed by atoms with van der Waals surface area (Å²) < 4.78 is 11.3. The van der Waals surface area contributed by atoms with E-state index in [1.165, 1.54) is 62.7 Å². The van der Waals surface area contributed by atoms with Crippen molar-refractivity contribution in [3.8, 4) is 0 Å². The van der Waals surface area contributed by atoms with Gasteiger partial charge in [0.05, 0.1) is 6.26 Å². The summed E-state index contributed by atoms with van der Waals surface area (Å²) in [4.78, 5) is 14.9. The third-order valence-electron chi connectivity index (χ3n) is 7.81. The van der Waals surface area contributed by atoms with Crippen LogP contribution < -0.4 is 5.32 Å². The molecule has 5 nitrogen and oxygen atoms in total. The normalized spacial score (nSPS) is 28.2. The molecule has 3 aliphatic rings. The van der Waals surface area contributed by atoms with Gasteiger partial charge in [0.2, 0.25) is 5.91 Å². The SMILES string of the molecule is O=C(N[C@H]1CC[C@H](CCN2CCC(c3coc4ccccc34)CC2)CC1)C1CCCO1. The zero-order valence-electron chi connectivity index (χ0n) is 18.6. The molecule has 1 N–H and O–H groups in total. The van der Waals surface area contributed by atoms with E-state index >= 15 is 0 Å². The molecule has 1 amide bonds. The Balaban J connectivity index is 1.02. The maximum Gasteiger partial charge on any atom is 0.249 e. The predicted molar refractivity (Wildman–Crippen MR) is 122 cm³/mol. The fourth-order valence-corrected chi connectivity index (χ4v) is 5.82. The smallest absolute Gasteiger partial charge is 0.249 e. The van der Waals surface area contributed by atoms with E-state index in [-0.39, 0.29) is 12.0 Å². The van der Waals surface area contributed by atoms with Crippen LogP contribution in [-0.2, 0) is 9.53 Å². The average molecular weight is 425 g/mol. The predicted octanol–water partition coefficient (Wildman–Crippen LogP) is 4.86. The number of rotatable bonds is 6. The Morgan fingerprint density at radius 3 is 2.61 bits per heavy atom. The van der Waals surface area contributed by atoms with E-state index in [9.17, 15) is 4.79 Å². The molecule has 1 aliphatic carbocycles. The molecule has 3 fully saturated rings. The number of carbonyl (C=O) groups is 1. The molecule has 168 valence electrons. The van der Waals surface area contributed by atoms with Gasteiger partial charge in [-0.15, -0.1) is 0 Å². The molecule has 0 bridgehead atoms. The summed E-state index contributed by atoms with van der Waals surface area (Å²) in [7, 11) is 0. The number of hydrogen-bond donors (Lipinski definition) is 1. The van der Waals surface area contributed by atoms with Crippen LogP contribution in [0.4, 0.5) is 0 Å². The summed E-state index contributed by atoms with van der Waals surface area (Å²) in [5.41, 5.74) is 2.42. The van der Waals surface area contributed by atoms with Crippen LogP contribution in [0, 0.1) is 5.92 Å². The second-order valence-electron chi connectivity index (χ2n) is 9.82. The highest BCUT2D eigenvalue weighted by Crippen LogP contribution is 2.35. The van der Waals surface area contributed by atoms with Crippen molar-refractivity contribution in [1.82, 2.24) is 10.2 Å². The first-order valence-electron chi connectivity index (χ1n) is 12.4. The highest BCUT2D eigenvalue weighted by Gasteiger charge is 2.29. The number of para-hydroxylation sites is 1. The zero-order valence-corrected chi connectivity index (χ0v) is 18.6. The van der Waals surface area contributed by atoms with E-state index in [2.05, 4.69) is 28.4 Å². The van der Waals surface area contributed by atoms with Crippen molar-refractivity contribution in [2.45, 2.75) is 75.9 Å². The van der Waals surface area contributed by atoms with Gasteiger partial charge in [0.15, 0.2) is 0 Å². The lowest BCUT2D eigenvalue weighted by molar-refractivity contribution is -0.131. The summed E-state index contributed by atoms with van der Waals surface area (Å²) in [6, 6.07) is 8.77. The Morgan fingerprint density at radius 1 is 1.03 bits per heavy atom. The van der Waals surface area contributed by atoms with Gasteiger partial charge in [0.1, 0.15) is 11.7 Å². The number of likely N-dealkylation sites (tertiary alicyclic amines) is 1. The fraction of sp³-hybridized carbons (Fsp3) is 0.654. The molecule has 1 aromatic heterocycles. The van der Waals surface area contributed by atoms with Crippen LogP contribution in [0.25, 0.3) is 11.0 Å². The van der Waals surface area contributed by atoms with Crippen LogP contribution in [-0.4, -0.2) is 49.2 Å². The van der Waals surface area contributed by atoms with E-state index < -0.39 is 0 Å². The van der Waals surface area contributed by atoms with E-state index in [1.54, 1.807) is 0 Å². The molecule has 1 saturated carbocycles. The van der Waals surface area contributed by atoms with E-state index in [0.717, 1.165) is 43.8 Å². The number of furan rings is 1. The Morgan fingerprint density at radius 2 is 1.84 bits per heavy atom. The highest BCUT2D eigenvalue weighted by atomic mass is 16.5. The molecule has 1 atom stereocenters. The van der Waals surface area contributed by atoms with Crippen molar-refractivity contribution in [1.29, 1.82) is 0 Å². The van der Waals surface area contributed by atoms with Crippen molar-refractivity contribution in [2.75, 3.05) is 26.2 Å². The first-order valence-corrected chi connectivity index (χ1v) is 12.4. The molecule has 5 heteroatoms. The van der Waals surface area contributed by atoms with Crippen LogP contribution >= 0.6 is 0 Å². The van der Waals surface area contributed by atoms with Gasteiger partial charge >= 0.3 is 0 Å². The molecule has 0 radical (unpaired) electrons. The average Bonchev–Trinajstić information content (AvgIpc) is 3.49. The molecular weight excluding hydrogens is 388 g/mol. The van der Waals surface area contributed by atoms with E-state index in [0.29, 0.717) is 12.0 Å². The molecule has 31 heavy (non-hydrogen) atoms. The number of piperidine rings is 1. The largest absolute Gasteiger partial charge is 0.464 e. The van der Waals surface area contributed by atoms with Gasteiger partial charge in [-0.25, -0.2) is 0 Å². The van der Waals surface area contributed by atoms with Crippen molar-refractivity contribution in [3.63, 3.8) is 0 Å². The minimum Gasteiger partial charge on any atom is -0.464 e. The lowest BCUT2D eigenvalue weighted by Crippen LogP contribution is -2.43. The number of carbonyl (C=O) groups excluding carboxylic acids is 1. The first-order chi connectivity index (χ1) is 15.3. The summed E-state index contributed by atoms with van der Waals surface area (Å²) in [6.45, 7) is 4.34. The third kappa shape index (κ3) is 4.98. The Bertz CT molecular complexity index is 856. The summed E-state index contributed by atoms with van der Waals surface area (Å²) in [5, 5.41) is 4.53. The van der Waals surface area contributed by atoms with Gasteiger partial charge in [-0.2, -0.15) is 0 Å². The Labute approximate surface area is 185 Å². The summed E-state index contributed by atoms with van der Waals surface area (Å²) in [5.74, 6) is 1.56. The van der Waals surface area contributed by atoms with Crippen molar-refractivity contribution >= 4 is 16.9 Å². The second-order valence-corrected chi connectivity index (χ2v) is 9.82. The van der Waals surface area contributed by atoms with Gasteiger partial charge in [0, 0.05) is 23.6 Å². The lowest BCUT2D eigenvalue weighted by atomic mass is 9.83. The van der Waals surface area contributed by atoms with Gasteiger partial charge in [-0.05, 0) is 95.3 Å². The zero-order chi connectivity index (χ0) is 21.0. The monoisotopic (exact) mass is 424 g/mol. The van der Waals surface area contributed by atoms with Gasteiger partial charge in [-0.3, -0.25) is 4.79 Å². The molecule has 1 unspecified atom stereocenters. The lowest BCUT2D eigenvalue weighted by Gasteiger charge is -2.34. The van der Waals surface area contributed by atoms with E-state index in [1.807, 2.05) is 12.3 Å². The quantitative estimate of drug-likeness (QED) is 0.720. The van der Waals surface area contributed by atoms with Gasteiger partial charge in [0.25, 0.3) is 0 Å². The maximum atomic E-state index is 12.3. The molecule has 2 saturated heterocycles. The molecule has 3 heterocycles. The van der Waals surface area contributed by atoms with Crippen molar-refractivity contribution in [2.24, 2.45) is 5.92 Å². The van der Waals surface area contributed by atoms with E-state index in [4.69, 9.17) is 9.15 Å².